The molecule has 0 spiro atoms. The number of thiophene rings is 1. The second kappa shape index (κ2) is 10.4. The Kier molecular flexibility index (Phi) is 7.08. The minimum atomic E-state index is 0.0513. The van der Waals surface area contributed by atoms with E-state index in [9.17, 15) is 4.79 Å². The third-order valence-electron chi connectivity index (χ3n) is 7.08. The van der Waals surface area contributed by atoms with E-state index in [0.29, 0.717) is 6.54 Å². The molecule has 0 saturated carbocycles. The van der Waals surface area contributed by atoms with E-state index >= 15 is 0 Å². The zero-order valence-electron chi connectivity index (χ0n) is 20.0. The molecule has 0 atom stereocenters. The molecule has 2 fully saturated rings. The van der Waals surface area contributed by atoms with Crippen LogP contribution in [0.2, 0.25) is 0 Å². The highest BCUT2D eigenvalue weighted by atomic mass is 32.1. The molecule has 5 rings (SSSR count). The normalized spacial score (nSPS) is 17.9. The molecule has 2 aromatic heterocycles. The minimum absolute atomic E-state index is 0.0513. The molecule has 1 N–H and O–H groups in total. The van der Waals surface area contributed by atoms with Gasteiger partial charge >= 0.3 is 0 Å². The first-order valence-corrected chi connectivity index (χ1v) is 13.0. The summed E-state index contributed by atoms with van der Waals surface area (Å²) >= 11 is 1.73. The highest BCUT2D eigenvalue weighted by Crippen LogP contribution is 2.35. The number of carbonyl (C=O) groups is 1. The smallest absolute Gasteiger partial charge is 0.223 e. The van der Waals surface area contributed by atoms with Gasteiger partial charge in [0.05, 0.1) is 18.6 Å². The Morgan fingerprint density at radius 3 is 2.68 bits per heavy atom. The molecular weight excluding hydrogens is 446 g/mol. The van der Waals surface area contributed by atoms with Gasteiger partial charge < -0.3 is 15.0 Å². The average molecular weight is 480 g/mol. The van der Waals surface area contributed by atoms with E-state index in [-0.39, 0.29) is 11.8 Å². The lowest BCUT2D eigenvalue weighted by atomic mass is 9.95. The maximum atomic E-state index is 12.9. The monoisotopic (exact) mass is 479 g/mol. The summed E-state index contributed by atoms with van der Waals surface area (Å²) in [6.07, 6.45) is 3.35. The first kappa shape index (κ1) is 23.2. The zero-order valence-corrected chi connectivity index (χ0v) is 20.9. The summed E-state index contributed by atoms with van der Waals surface area (Å²) in [7, 11) is 0. The number of fused-ring (bicyclic) bond motifs is 1. The Balaban J connectivity index is 1.15. The fraction of sp³-hybridized carbons (Fsp3) is 0.500. The number of rotatable bonds is 6. The molecule has 4 heterocycles. The average Bonchev–Trinajstić information content (AvgIpc) is 3.17. The Morgan fingerprint density at radius 2 is 1.88 bits per heavy atom. The second-order valence-electron chi connectivity index (χ2n) is 9.35. The van der Waals surface area contributed by atoms with Crippen molar-refractivity contribution in [2.75, 3.05) is 44.3 Å². The molecule has 0 unspecified atom stereocenters. The fourth-order valence-electron chi connectivity index (χ4n) is 4.95. The third-order valence-corrected chi connectivity index (χ3v) is 8.19. The number of anilines is 1. The van der Waals surface area contributed by atoms with Crippen molar-refractivity contribution in [1.82, 2.24) is 20.2 Å². The van der Waals surface area contributed by atoms with Crippen molar-refractivity contribution in [3.05, 3.63) is 52.2 Å². The molecule has 0 radical (unpaired) electrons. The minimum Gasteiger partial charge on any atom is -0.379 e. The Morgan fingerprint density at radius 1 is 1.12 bits per heavy atom. The highest BCUT2D eigenvalue weighted by molar-refractivity contribution is 7.18. The molecule has 2 aliphatic heterocycles. The summed E-state index contributed by atoms with van der Waals surface area (Å²) in [6.45, 7) is 11.1. The highest BCUT2D eigenvalue weighted by Gasteiger charge is 2.27. The molecule has 2 saturated heterocycles. The maximum absolute atomic E-state index is 12.9. The Labute approximate surface area is 205 Å². The van der Waals surface area contributed by atoms with Crippen molar-refractivity contribution in [2.24, 2.45) is 5.92 Å². The molecule has 0 bridgehead atoms. The summed E-state index contributed by atoms with van der Waals surface area (Å²) in [4.78, 5) is 29.1. The SMILES string of the molecule is Cc1sc2ncnc(N3CCC(C(=O)NCc4cccc(CN5CCOCC5)c4)CC3)c2c1C. The molecule has 2 aliphatic rings. The predicted octanol–water partition coefficient (Wildman–Crippen LogP) is 3.67. The number of carbonyl (C=O) groups excluding carboxylic acids is 1. The molecule has 7 nitrogen and oxygen atoms in total. The van der Waals surface area contributed by atoms with Crippen LogP contribution in [-0.2, 0) is 22.6 Å². The topological polar surface area (TPSA) is 70.6 Å². The van der Waals surface area contributed by atoms with Crippen LogP contribution in [0, 0.1) is 19.8 Å². The number of nitrogens with zero attached hydrogens (tertiary/aromatic N) is 4. The summed E-state index contributed by atoms with van der Waals surface area (Å²) in [6, 6.07) is 8.56. The number of piperidine rings is 1. The van der Waals surface area contributed by atoms with Gasteiger partial charge in [0, 0.05) is 50.1 Å². The van der Waals surface area contributed by atoms with Crippen LogP contribution in [0.25, 0.3) is 10.2 Å². The second-order valence-corrected chi connectivity index (χ2v) is 10.6. The van der Waals surface area contributed by atoms with Crippen molar-refractivity contribution in [3.8, 4) is 0 Å². The summed E-state index contributed by atoms with van der Waals surface area (Å²) < 4.78 is 5.44. The van der Waals surface area contributed by atoms with Crippen LogP contribution in [0.1, 0.15) is 34.4 Å². The fourth-order valence-corrected chi connectivity index (χ4v) is 5.94. The molecule has 3 aromatic rings. The first-order chi connectivity index (χ1) is 16.6. The third kappa shape index (κ3) is 5.09. The van der Waals surface area contributed by atoms with Crippen LogP contribution >= 0.6 is 11.3 Å². The van der Waals surface area contributed by atoms with E-state index in [1.54, 1.807) is 17.7 Å². The van der Waals surface area contributed by atoms with Crippen LogP contribution in [-0.4, -0.2) is 60.2 Å². The Hall–Kier alpha value is -2.55. The number of morpholine rings is 1. The number of hydrogen-bond acceptors (Lipinski definition) is 7. The molecule has 180 valence electrons. The van der Waals surface area contributed by atoms with E-state index in [1.807, 2.05) is 0 Å². The van der Waals surface area contributed by atoms with Gasteiger partial charge in [-0.05, 0) is 43.4 Å². The van der Waals surface area contributed by atoms with Crippen LogP contribution in [0.4, 0.5) is 5.82 Å². The van der Waals surface area contributed by atoms with Gasteiger partial charge in [0.15, 0.2) is 0 Å². The molecule has 1 aromatic carbocycles. The van der Waals surface area contributed by atoms with Crippen LogP contribution in [0.15, 0.2) is 30.6 Å². The van der Waals surface area contributed by atoms with Gasteiger partial charge in [-0.15, -0.1) is 11.3 Å². The zero-order chi connectivity index (χ0) is 23.5. The van der Waals surface area contributed by atoms with Crippen LogP contribution in [0.5, 0.6) is 0 Å². The quantitative estimate of drug-likeness (QED) is 0.582. The summed E-state index contributed by atoms with van der Waals surface area (Å²) in [5.41, 5.74) is 3.71. The number of aryl methyl sites for hydroxylation is 2. The lowest BCUT2D eigenvalue weighted by Crippen LogP contribution is -2.40. The molecule has 8 heteroatoms. The molecular formula is C26H33N5O2S. The van der Waals surface area contributed by atoms with Crippen molar-refractivity contribution in [2.45, 2.75) is 39.8 Å². The Bertz CT molecular complexity index is 1150. The van der Waals surface area contributed by atoms with Gasteiger partial charge in [0.25, 0.3) is 0 Å². The van der Waals surface area contributed by atoms with E-state index in [4.69, 9.17) is 4.74 Å². The maximum Gasteiger partial charge on any atom is 0.223 e. The number of hydrogen-bond donors (Lipinski definition) is 1. The van der Waals surface area contributed by atoms with Crippen LogP contribution in [0.3, 0.4) is 0 Å². The van der Waals surface area contributed by atoms with E-state index in [1.165, 1.54) is 21.4 Å². The van der Waals surface area contributed by atoms with Gasteiger partial charge in [0.2, 0.25) is 5.91 Å². The number of nitrogens with one attached hydrogen (secondary N) is 1. The van der Waals surface area contributed by atoms with E-state index < -0.39 is 0 Å². The molecule has 34 heavy (non-hydrogen) atoms. The van der Waals surface area contributed by atoms with Crippen molar-refractivity contribution >= 4 is 33.3 Å². The van der Waals surface area contributed by atoms with Crippen molar-refractivity contribution in [1.29, 1.82) is 0 Å². The molecule has 0 aliphatic carbocycles. The van der Waals surface area contributed by atoms with Gasteiger partial charge in [-0.3, -0.25) is 9.69 Å². The number of ether oxygens (including phenoxy) is 1. The summed E-state index contributed by atoms with van der Waals surface area (Å²) in [5, 5.41) is 4.35. The lowest BCUT2D eigenvalue weighted by molar-refractivity contribution is -0.125. The van der Waals surface area contributed by atoms with Gasteiger partial charge in [-0.25, -0.2) is 9.97 Å². The van der Waals surface area contributed by atoms with Gasteiger partial charge in [-0.2, -0.15) is 0 Å². The lowest BCUT2D eigenvalue weighted by Gasteiger charge is -2.32. The number of amides is 1. The largest absolute Gasteiger partial charge is 0.379 e. The van der Waals surface area contributed by atoms with Crippen molar-refractivity contribution in [3.63, 3.8) is 0 Å². The summed E-state index contributed by atoms with van der Waals surface area (Å²) in [5.74, 6) is 1.23. The standard InChI is InChI=1S/C26H33N5O2S/c1-18-19(2)34-26-23(18)24(28-17-29-26)31-8-6-22(7-9-31)25(32)27-15-20-4-3-5-21(14-20)16-30-10-12-33-13-11-30/h3-5,14,17,22H,6-13,15-16H2,1-2H3,(H,27,32). The number of aromatic nitrogens is 2. The predicted molar refractivity (Wildman–Crippen MR) is 136 cm³/mol. The van der Waals surface area contributed by atoms with E-state index in [2.05, 4.69) is 63.2 Å². The number of benzene rings is 1. The van der Waals surface area contributed by atoms with Crippen LogP contribution < -0.4 is 10.2 Å². The van der Waals surface area contributed by atoms with Crippen molar-refractivity contribution < 1.29 is 9.53 Å². The van der Waals surface area contributed by atoms with E-state index in [0.717, 1.165) is 75.0 Å². The first-order valence-electron chi connectivity index (χ1n) is 12.2. The van der Waals surface area contributed by atoms with Gasteiger partial charge in [0.1, 0.15) is 17.0 Å². The molecule has 1 amide bonds. The van der Waals surface area contributed by atoms with Gasteiger partial charge in [-0.1, -0.05) is 24.3 Å².